The third-order valence-corrected chi connectivity index (χ3v) is 8.17. The molecule has 1 saturated carbocycles. The van der Waals surface area contributed by atoms with Crippen molar-refractivity contribution >= 4 is 40.2 Å². The van der Waals surface area contributed by atoms with E-state index >= 15 is 0 Å². The van der Waals surface area contributed by atoms with Crippen molar-refractivity contribution in [2.75, 3.05) is 36.4 Å². The third-order valence-electron chi connectivity index (χ3n) is 7.31. The van der Waals surface area contributed by atoms with Crippen molar-refractivity contribution < 1.29 is 17.5 Å². The van der Waals surface area contributed by atoms with Gasteiger partial charge >= 0.3 is 6.18 Å². The minimum atomic E-state index is -4.53. The van der Waals surface area contributed by atoms with Crippen LogP contribution in [-0.4, -0.2) is 67.3 Å². The molecule has 39 heavy (non-hydrogen) atoms. The van der Waals surface area contributed by atoms with Crippen molar-refractivity contribution in [1.29, 1.82) is 0 Å². The normalized spacial score (nSPS) is 17.7. The zero-order valence-electron chi connectivity index (χ0n) is 21.6. The van der Waals surface area contributed by atoms with Gasteiger partial charge in [-0.2, -0.15) is 18.3 Å². The maximum Gasteiger partial charge on any atom is 0.449 e. The van der Waals surface area contributed by atoms with Gasteiger partial charge in [-0.25, -0.2) is 15.0 Å². The second kappa shape index (κ2) is 10.7. The van der Waals surface area contributed by atoms with Crippen molar-refractivity contribution in [3.8, 4) is 0 Å². The number of aryl methyl sites for hydroxylation is 1. The monoisotopic (exact) mass is 563 g/mol. The summed E-state index contributed by atoms with van der Waals surface area (Å²) < 4.78 is 39.3. The summed E-state index contributed by atoms with van der Waals surface area (Å²) in [6.45, 7) is 5.66. The number of anilines is 3. The number of piperazine rings is 1. The van der Waals surface area contributed by atoms with E-state index in [-0.39, 0.29) is 9.80 Å². The molecule has 6 rings (SSSR count). The molecule has 2 fully saturated rings. The van der Waals surface area contributed by atoms with E-state index in [0.717, 1.165) is 37.7 Å². The van der Waals surface area contributed by atoms with E-state index in [9.17, 15) is 13.2 Å². The average molecular weight is 564 g/mol. The van der Waals surface area contributed by atoms with Crippen LogP contribution in [0, 0.1) is 6.92 Å². The topological polar surface area (TPSA) is 102 Å². The van der Waals surface area contributed by atoms with E-state index in [1.54, 1.807) is 18.2 Å². The van der Waals surface area contributed by atoms with Gasteiger partial charge in [-0.15, -0.1) is 0 Å². The van der Waals surface area contributed by atoms with Gasteiger partial charge in [-0.1, -0.05) is 19.3 Å². The summed E-state index contributed by atoms with van der Waals surface area (Å²) in [5, 5.41) is 10.9. The summed E-state index contributed by atoms with van der Waals surface area (Å²) in [5.41, 5.74) is 1.49. The van der Waals surface area contributed by atoms with Crippen molar-refractivity contribution in [2.24, 2.45) is 0 Å². The highest BCUT2D eigenvalue weighted by Gasteiger charge is 2.34. The fourth-order valence-corrected chi connectivity index (χ4v) is 6.16. The fourth-order valence-electron chi connectivity index (χ4n) is 5.35. The highest BCUT2D eigenvalue weighted by molar-refractivity contribution is 7.99. The summed E-state index contributed by atoms with van der Waals surface area (Å²) in [6.07, 6.45) is 2.03. The number of nitrogens with one attached hydrogen (secondary N) is 3. The molecule has 3 N–H and O–H groups in total. The summed E-state index contributed by atoms with van der Waals surface area (Å²) >= 11 is 1.29. The molecule has 4 aromatic rings. The first-order valence-corrected chi connectivity index (χ1v) is 14.0. The fraction of sp³-hybridized carbons (Fsp3) is 0.462. The predicted octanol–water partition coefficient (Wildman–Crippen LogP) is 6.49. The predicted molar refractivity (Wildman–Crippen MR) is 151 cm³/mol. The van der Waals surface area contributed by atoms with Crippen LogP contribution >= 0.6 is 11.8 Å². The van der Waals surface area contributed by atoms with Crippen LogP contribution in [0.15, 0.2) is 40.4 Å². The standard InChI is InChI=1S/C26H30F3N9S.3H2/c1-16-13-22(36-35-16)32-21-15-23(38-11-9-37(10-12-38)17-5-3-2-4-6-17)34-25(33-21)39-18-7-8-19-20(14-18)31-24(30-19)26(27,28)29;;;/h7-8,13-15,17H,2-6,9-12H2,1H3,(H,30,31)(H2,32,33,34,35,36);3*1H. The molecular weight excluding hydrogens is 527 g/mol. The zero-order valence-corrected chi connectivity index (χ0v) is 22.4. The van der Waals surface area contributed by atoms with Crippen molar-refractivity contribution in [1.82, 2.24) is 35.0 Å². The number of benzene rings is 1. The molecule has 2 aliphatic rings. The van der Waals surface area contributed by atoms with Crippen molar-refractivity contribution in [3.05, 3.63) is 41.9 Å². The Morgan fingerprint density at radius 2 is 1.77 bits per heavy atom. The van der Waals surface area contributed by atoms with E-state index < -0.39 is 12.0 Å². The van der Waals surface area contributed by atoms with Gasteiger partial charge in [-0.05, 0) is 49.7 Å². The van der Waals surface area contributed by atoms with Crippen LogP contribution in [0.25, 0.3) is 11.0 Å². The van der Waals surface area contributed by atoms with E-state index in [1.807, 2.05) is 19.1 Å². The quantitative estimate of drug-likeness (QED) is 0.229. The largest absolute Gasteiger partial charge is 0.449 e. The van der Waals surface area contributed by atoms with E-state index in [0.29, 0.717) is 33.2 Å². The Hall–Kier alpha value is -3.32. The van der Waals surface area contributed by atoms with Gasteiger partial charge in [0.2, 0.25) is 5.82 Å². The Kier molecular flexibility index (Phi) is 7.10. The number of H-pyrrole nitrogens is 2. The van der Waals surface area contributed by atoms with Crippen molar-refractivity contribution in [2.45, 2.75) is 61.3 Å². The maximum absolute atomic E-state index is 13.1. The lowest BCUT2D eigenvalue weighted by Crippen LogP contribution is -2.51. The number of nitrogens with zero attached hydrogens (tertiary/aromatic N) is 6. The Balaban J connectivity index is 0.00000161. The van der Waals surface area contributed by atoms with Crippen LogP contribution in [0.3, 0.4) is 0 Å². The van der Waals surface area contributed by atoms with E-state index in [2.05, 4.69) is 40.3 Å². The Morgan fingerprint density at radius 3 is 2.49 bits per heavy atom. The maximum atomic E-state index is 13.1. The van der Waals surface area contributed by atoms with Crippen LogP contribution in [0.2, 0.25) is 0 Å². The Bertz CT molecular complexity index is 1450. The van der Waals surface area contributed by atoms with E-state index in [1.165, 1.54) is 43.9 Å². The molecule has 0 unspecified atom stereocenters. The van der Waals surface area contributed by atoms with Gasteiger partial charge in [0.15, 0.2) is 11.0 Å². The number of imidazole rings is 1. The second-order valence-corrected chi connectivity index (χ2v) is 11.2. The number of hydrogen-bond donors (Lipinski definition) is 3. The molecule has 1 aliphatic heterocycles. The second-order valence-electron chi connectivity index (χ2n) is 10.1. The van der Waals surface area contributed by atoms with Crippen molar-refractivity contribution in [3.63, 3.8) is 0 Å². The van der Waals surface area contributed by atoms with Crippen LogP contribution < -0.4 is 10.2 Å². The Labute approximate surface area is 232 Å². The summed E-state index contributed by atoms with van der Waals surface area (Å²) in [6, 6.07) is 9.46. The third kappa shape index (κ3) is 5.98. The minimum Gasteiger partial charge on any atom is -0.354 e. The van der Waals surface area contributed by atoms with Gasteiger partial charge in [0.25, 0.3) is 0 Å². The van der Waals surface area contributed by atoms with Crippen LogP contribution in [0.4, 0.5) is 30.6 Å². The highest BCUT2D eigenvalue weighted by atomic mass is 32.2. The molecule has 3 aromatic heterocycles. The number of halogens is 3. The van der Waals surface area contributed by atoms with Crippen LogP contribution in [-0.2, 0) is 6.18 Å². The number of alkyl halides is 3. The smallest absolute Gasteiger partial charge is 0.354 e. The lowest BCUT2D eigenvalue weighted by Gasteiger charge is -2.41. The molecule has 0 radical (unpaired) electrons. The molecule has 1 aromatic carbocycles. The number of rotatable bonds is 6. The average Bonchev–Trinajstić information content (AvgIpc) is 3.55. The molecule has 1 saturated heterocycles. The minimum absolute atomic E-state index is 0. The van der Waals surface area contributed by atoms with Crippen LogP contribution in [0.1, 0.15) is 47.9 Å². The first-order chi connectivity index (χ1) is 18.8. The number of fused-ring (bicyclic) bond motifs is 1. The summed E-state index contributed by atoms with van der Waals surface area (Å²) in [4.78, 5) is 21.2. The molecule has 4 heterocycles. The molecule has 0 amide bonds. The lowest BCUT2D eigenvalue weighted by molar-refractivity contribution is -0.144. The molecule has 1 aliphatic carbocycles. The molecule has 0 spiro atoms. The van der Waals surface area contributed by atoms with E-state index in [4.69, 9.17) is 4.98 Å². The number of hydrogen-bond acceptors (Lipinski definition) is 8. The molecule has 0 atom stereocenters. The van der Waals surface area contributed by atoms with Gasteiger partial charge < -0.3 is 15.2 Å². The molecule has 9 nitrogen and oxygen atoms in total. The van der Waals surface area contributed by atoms with Gasteiger partial charge in [0.1, 0.15) is 11.6 Å². The molecular formula is C26H36F3N9S. The lowest BCUT2D eigenvalue weighted by atomic mass is 9.94. The highest BCUT2D eigenvalue weighted by Crippen LogP contribution is 2.33. The first kappa shape index (κ1) is 25.9. The van der Waals surface area contributed by atoms with Gasteiger partial charge in [-0.3, -0.25) is 10.00 Å². The summed E-state index contributed by atoms with van der Waals surface area (Å²) in [7, 11) is 0. The SMILES string of the molecule is Cc1cc(Nc2cc(N3CCN(C4CCCCC4)CC3)nc(Sc3ccc4nc(C(F)(F)F)[nH]c4c3)n2)n[nH]1.[HH].[HH].[HH]. The molecule has 13 heteroatoms. The molecule has 212 valence electrons. The molecule has 0 bridgehead atoms. The Morgan fingerprint density at radius 1 is 0.974 bits per heavy atom. The zero-order chi connectivity index (χ0) is 27.0. The number of aromatic nitrogens is 6. The van der Waals surface area contributed by atoms with Gasteiger partial charge in [0.05, 0.1) is 11.0 Å². The van der Waals surface area contributed by atoms with Crippen LogP contribution in [0.5, 0.6) is 0 Å². The summed E-state index contributed by atoms with van der Waals surface area (Å²) in [5.74, 6) is 1.05. The number of aromatic amines is 2. The first-order valence-electron chi connectivity index (χ1n) is 13.2. The van der Waals surface area contributed by atoms with Gasteiger partial charge in [0, 0.05) is 59.2 Å².